The Labute approximate surface area is 102 Å². The molecule has 1 fully saturated rings. The van der Waals surface area contributed by atoms with Crippen LogP contribution in [0.3, 0.4) is 0 Å². The molecule has 0 aromatic carbocycles. The van der Waals surface area contributed by atoms with Crippen molar-refractivity contribution in [1.29, 1.82) is 0 Å². The molecule has 0 bridgehead atoms. The average molecular weight is 246 g/mol. The second-order valence-corrected chi connectivity index (χ2v) is 5.62. The fourth-order valence-electron chi connectivity index (χ4n) is 1.78. The summed E-state index contributed by atoms with van der Waals surface area (Å²) in [5, 5.41) is 2.94. The number of thioether (sulfide) groups is 1. The summed E-state index contributed by atoms with van der Waals surface area (Å²) in [6.45, 7) is 1.27. The summed E-state index contributed by atoms with van der Waals surface area (Å²) in [5.41, 5.74) is 5.73. The summed E-state index contributed by atoms with van der Waals surface area (Å²) in [6, 6.07) is -0.445. The number of hydrogen-bond donors (Lipinski definition) is 2. The molecule has 0 spiro atoms. The second kappa shape index (κ2) is 6.47. The van der Waals surface area contributed by atoms with Gasteiger partial charge in [0.25, 0.3) is 0 Å². The van der Waals surface area contributed by atoms with E-state index >= 15 is 0 Å². The molecule has 94 valence electrons. The zero-order chi connectivity index (χ0) is 12.0. The van der Waals surface area contributed by atoms with E-state index in [1.54, 1.807) is 7.11 Å². The number of ether oxygens (including phenoxy) is 1. The number of hydrogen-bond acceptors (Lipinski definition) is 4. The molecular formula is C11H22N2O2S. The van der Waals surface area contributed by atoms with Gasteiger partial charge in [0.05, 0.1) is 6.04 Å². The monoisotopic (exact) mass is 246 g/mol. The molecule has 0 saturated heterocycles. The lowest BCUT2D eigenvalue weighted by molar-refractivity contribution is -0.122. The molecule has 0 heterocycles. The molecule has 0 aromatic rings. The van der Waals surface area contributed by atoms with Crippen molar-refractivity contribution in [2.24, 2.45) is 5.73 Å². The van der Waals surface area contributed by atoms with Crippen LogP contribution in [0, 0.1) is 0 Å². The molecule has 1 unspecified atom stereocenters. The predicted molar refractivity (Wildman–Crippen MR) is 67.6 cm³/mol. The number of carbonyl (C=O) groups is 1. The largest absolute Gasteiger partial charge is 0.385 e. The Morgan fingerprint density at radius 2 is 2.31 bits per heavy atom. The van der Waals surface area contributed by atoms with Crippen LogP contribution in [0.2, 0.25) is 0 Å². The van der Waals surface area contributed by atoms with Crippen LogP contribution >= 0.6 is 11.8 Å². The van der Waals surface area contributed by atoms with Crippen LogP contribution in [0.5, 0.6) is 0 Å². The van der Waals surface area contributed by atoms with Gasteiger partial charge in [-0.15, -0.1) is 0 Å². The Morgan fingerprint density at radius 1 is 1.62 bits per heavy atom. The van der Waals surface area contributed by atoms with E-state index in [0.29, 0.717) is 13.0 Å². The van der Waals surface area contributed by atoms with Crippen molar-refractivity contribution >= 4 is 17.7 Å². The Hall–Kier alpha value is -0.260. The molecule has 1 aliphatic carbocycles. The second-order valence-electron chi connectivity index (χ2n) is 4.35. The highest BCUT2D eigenvalue weighted by Crippen LogP contribution is 2.42. The topological polar surface area (TPSA) is 64.3 Å². The molecule has 0 aliphatic heterocycles. The first-order chi connectivity index (χ1) is 7.63. The van der Waals surface area contributed by atoms with Gasteiger partial charge in [0.2, 0.25) is 5.91 Å². The number of amides is 1. The van der Waals surface area contributed by atoms with Gasteiger partial charge >= 0.3 is 0 Å². The summed E-state index contributed by atoms with van der Waals surface area (Å²) in [7, 11) is 1.61. The molecule has 1 saturated carbocycles. The van der Waals surface area contributed by atoms with Gasteiger partial charge in [0.1, 0.15) is 0 Å². The molecule has 1 aliphatic rings. The third kappa shape index (κ3) is 3.64. The van der Waals surface area contributed by atoms with Crippen LogP contribution in [0.4, 0.5) is 0 Å². The van der Waals surface area contributed by atoms with Crippen LogP contribution in [-0.2, 0) is 9.53 Å². The van der Waals surface area contributed by atoms with Crippen LogP contribution in [0.15, 0.2) is 0 Å². The van der Waals surface area contributed by atoms with Crippen molar-refractivity contribution < 1.29 is 9.53 Å². The Balaban J connectivity index is 2.23. The van der Waals surface area contributed by atoms with E-state index in [9.17, 15) is 4.79 Å². The highest BCUT2D eigenvalue weighted by molar-refractivity contribution is 8.00. The van der Waals surface area contributed by atoms with Gasteiger partial charge in [0.15, 0.2) is 0 Å². The number of nitrogens with one attached hydrogen (secondary N) is 1. The quantitative estimate of drug-likeness (QED) is 0.696. The zero-order valence-corrected chi connectivity index (χ0v) is 10.9. The highest BCUT2D eigenvalue weighted by Gasteiger charge is 2.36. The third-order valence-corrected chi connectivity index (χ3v) is 4.67. The lowest BCUT2D eigenvalue weighted by Crippen LogP contribution is -2.49. The molecule has 1 rings (SSSR count). The third-order valence-electron chi connectivity index (χ3n) is 3.25. The predicted octanol–water partition coefficient (Wildman–Crippen LogP) is 0.752. The minimum atomic E-state index is -0.445. The van der Waals surface area contributed by atoms with Gasteiger partial charge in [-0.2, -0.15) is 11.8 Å². The maximum Gasteiger partial charge on any atom is 0.237 e. The first kappa shape index (κ1) is 13.8. The average Bonchev–Trinajstić information content (AvgIpc) is 2.24. The van der Waals surface area contributed by atoms with Gasteiger partial charge in [-0.1, -0.05) is 6.42 Å². The molecule has 16 heavy (non-hydrogen) atoms. The number of carbonyl (C=O) groups excluding carboxylic acids is 1. The van der Waals surface area contributed by atoms with E-state index < -0.39 is 6.04 Å². The minimum Gasteiger partial charge on any atom is -0.385 e. The van der Waals surface area contributed by atoms with E-state index in [1.807, 2.05) is 11.8 Å². The number of nitrogens with two attached hydrogens (primary N) is 1. The summed E-state index contributed by atoms with van der Waals surface area (Å²) >= 11 is 1.85. The number of methoxy groups -OCH3 is 1. The minimum absolute atomic E-state index is 0.0580. The smallest absolute Gasteiger partial charge is 0.237 e. The van der Waals surface area contributed by atoms with Crippen molar-refractivity contribution in [1.82, 2.24) is 5.32 Å². The molecule has 0 radical (unpaired) electrons. The van der Waals surface area contributed by atoms with Crippen LogP contribution in [0.25, 0.3) is 0 Å². The van der Waals surface area contributed by atoms with Gasteiger partial charge in [0, 0.05) is 25.0 Å². The summed E-state index contributed by atoms with van der Waals surface area (Å²) < 4.78 is 5.17. The van der Waals surface area contributed by atoms with Crippen LogP contribution in [0.1, 0.15) is 25.7 Å². The van der Waals surface area contributed by atoms with E-state index in [1.165, 1.54) is 19.3 Å². The first-order valence-corrected chi connectivity index (χ1v) is 6.93. The molecule has 4 nitrogen and oxygen atoms in total. The van der Waals surface area contributed by atoms with E-state index in [2.05, 4.69) is 11.6 Å². The van der Waals surface area contributed by atoms with Gasteiger partial charge in [-0.3, -0.25) is 4.79 Å². The molecule has 3 N–H and O–H groups in total. The number of rotatable bonds is 7. The Bertz CT molecular complexity index is 227. The summed E-state index contributed by atoms with van der Waals surface area (Å²) in [4.78, 5) is 11.7. The van der Waals surface area contributed by atoms with Crippen molar-refractivity contribution in [2.45, 2.75) is 36.5 Å². The van der Waals surface area contributed by atoms with E-state index in [-0.39, 0.29) is 10.7 Å². The SMILES string of the molecule is COCCC(N)C(=O)NCC1(SC)CCC1. The van der Waals surface area contributed by atoms with E-state index in [4.69, 9.17) is 10.5 Å². The van der Waals surface area contributed by atoms with Crippen molar-refractivity contribution in [3.63, 3.8) is 0 Å². The molecule has 5 heteroatoms. The fourth-order valence-corrected chi connectivity index (χ4v) is 2.69. The Kier molecular flexibility index (Phi) is 5.58. The van der Waals surface area contributed by atoms with Gasteiger partial charge in [-0.25, -0.2) is 0 Å². The summed E-state index contributed by atoms with van der Waals surface area (Å²) in [6.07, 6.45) is 6.35. The molecular weight excluding hydrogens is 224 g/mol. The first-order valence-electron chi connectivity index (χ1n) is 5.71. The molecule has 0 aromatic heterocycles. The Morgan fingerprint density at radius 3 is 2.75 bits per heavy atom. The van der Waals surface area contributed by atoms with E-state index in [0.717, 1.165) is 6.54 Å². The van der Waals surface area contributed by atoms with Crippen LogP contribution < -0.4 is 11.1 Å². The van der Waals surface area contributed by atoms with Gasteiger partial charge < -0.3 is 15.8 Å². The molecule has 1 atom stereocenters. The standard InChI is InChI=1S/C11H22N2O2S/c1-15-7-4-9(12)10(14)13-8-11(16-2)5-3-6-11/h9H,3-8,12H2,1-2H3,(H,13,14). The lowest BCUT2D eigenvalue weighted by Gasteiger charge is -2.40. The van der Waals surface area contributed by atoms with Crippen molar-refractivity contribution in [2.75, 3.05) is 26.5 Å². The van der Waals surface area contributed by atoms with Gasteiger partial charge in [-0.05, 0) is 25.5 Å². The van der Waals surface area contributed by atoms with Crippen LogP contribution in [-0.4, -0.2) is 43.2 Å². The normalized spacial score (nSPS) is 19.9. The molecule has 1 amide bonds. The highest BCUT2D eigenvalue weighted by atomic mass is 32.2. The maximum atomic E-state index is 11.7. The fraction of sp³-hybridized carbons (Fsp3) is 0.909. The zero-order valence-electron chi connectivity index (χ0n) is 10.1. The van der Waals surface area contributed by atoms with Crippen molar-refractivity contribution in [3.8, 4) is 0 Å². The lowest BCUT2D eigenvalue weighted by atomic mass is 9.84. The summed E-state index contributed by atoms with van der Waals surface area (Å²) in [5.74, 6) is -0.0580. The van der Waals surface area contributed by atoms with Crippen molar-refractivity contribution in [3.05, 3.63) is 0 Å². The maximum absolute atomic E-state index is 11.7.